The third-order valence-electron chi connectivity index (χ3n) is 11.9. The van der Waals surface area contributed by atoms with Gasteiger partial charge in [-0.3, -0.25) is 0 Å². The Morgan fingerprint density at radius 1 is 0.286 bits per heavy atom. The summed E-state index contributed by atoms with van der Waals surface area (Å²) in [5.41, 5.74) is 14.0. The highest BCUT2D eigenvalue weighted by Crippen LogP contribution is 2.41. The molecule has 5 nitrogen and oxygen atoms in total. The first-order chi connectivity index (χ1) is 31.2. The molecule has 0 spiro atoms. The lowest BCUT2D eigenvalue weighted by atomic mass is 9.92. The van der Waals surface area contributed by atoms with Gasteiger partial charge in [-0.15, -0.1) is 0 Å². The lowest BCUT2D eigenvalue weighted by Gasteiger charge is -2.15. The summed E-state index contributed by atoms with van der Waals surface area (Å²) < 4.78 is 6.37. The van der Waals surface area contributed by atoms with Crippen LogP contribution >= 0.6 is 0 Å². The average molecular weight is 805 g/mol. The minimum atomic E-state index is 0.598. The predicted molar refractivity (Wildman–Crippen MR) is 258 cm³/mol. The van der Waals surface area contributed by atoms with Crippen molar-refractivity contribution in [3.8, 4) is 78.8 Å². The second-order valence-electron chi connectivity index (χ2n) is 15.8. The van der Waals surface area contributed by atoms with Crippen molar-refractivity contribution < 1.29 is 4.42 Å². The molecule has 12 aromatic rings. The van der Waals surface area contributed by atoms with Gasteiger partial charge in [0, 0.05) is 54.7 Å². The second-order valence-corrected chi connectivity index (χ2v) is 15.8. The molecule has 3 aromatic heterocycles. The zero-order valence-electron chi connectivity index (χ0n) is 34.0. The number of aromatic nitrogens is 4. The van der Waals surface area contributed by atoms with Crippen molar-refractivity contribution in [1.82, 2.24) is 19.9 Å². The van der Waals surface area contributed by atoms with Gasteiger partial charge in [-0.1, -0.05) is 200 Å². The van der Waals surface area contributed by atoms with Crippen LogP contribution in [0.4, 0.5) is 0 Å². The molecule has 0 fully saturated rings. The van der Waals surface area contributed by atoms with E-state index in [1.54, 1.807) is 0 Å². The van der Waals surface area contributed by atoms with Crippen LogP contribution in [0.5, 0.6) is 0 Å². The van der Waals surface area contributed by atoms with Gasteiger partial charge in [-0.05, 0) is 46.0 Å². The zero-order chi connectivity index (χ0) is 41.7. The molecule has 0 bridgehead atoms. The van der Waals surface area contributed by atoms with Gasteiger partial charge in [0.15, 0.2) is 17.5 Å². The Morgan fingerprint density at radius 3 is 1.52 bits per heavy atom. The fourth-order valence-electron chi connectivity index (χ4n) is 8.87. The normalized spacial score (nSPS) is 11.5. The number of furan rings is 1. The number of fused-ring (bicyclic) bond motifs is 6. The molecule has 0 radical (unpaired) electrons. The summed E-state index contributed by atoms with van der Waals surface area (Å²) in [5.74, 6) is 1.81. The van der Waals surface area contributed by atoms with E-state index in [2.05, 4.69) is 164 Å². The Labute approximate surface area is 363 Å². The molecule has 0 aliphatic heterocycles. The predicted octanol–water partition coefficient (Wildman–Crippen LogP) is 15.1. The summed E-state index contributed by atoms with van der Waals surface area (Å²) in [5, 5.41) is 5.65. The molecule has 3 heterocycles. The number of hydrogen-bond acceptors (Lipinski definition) is 5. The standard InChI is InChI=1S/C58H36N4O/c1-4-15-37(16-5-1)45-24-13-27-50-53(45)49-34-33-43(36-51(49)59-54(50)39-17-6-2-7-18-39)42-21-12-22-44(35-42)58-61-56(40-19-8-3-9-20-40)60-57(62-58)41-31-29-38(30-32-41)46-25-14-26-48-47-23-10-11-28-52(47)63-55(46)48/h1-36H. The van der Waals surface area contributed by atoms with Crippen LogP contribution < -0.4 is 0 Å². The molecule has 0 aliphatic carbocycles. The Morgan fingerprint density at radius 2 is 0.778 bits per heavy atom. The van der Waals surface area contributed by atoms with E-state index >= 15 is 0 Å². The van der Waals surface area contributed by atoms with Crippen molar-refractivity contribution in [2.24, 2.45) is 0 Å². The second kappa shape index (κ2) is 15.2. The van der Waals surface area contributed by atoms with Crippen molar-refractivity contribution in [3.05, 3.63) is 218 Å². The quantitative estimate of drug-likeness (QED) is 0.150. The van der Waals surface area contributed by atoms with Crippen molar-refractivity contribution in [3.63, 3.8) is 0 Å². The Balaban J connectivity index is 0.961. The van der Waals surface area contributed by atoms with Crippen LogP contribution in [0.25, 0.3) is 122 Å². The maximum Gasteiger partial charge on any atom is 0.164 e. The number of benzene rings is 9. The minimum Gasteiger partial charge on any atom is -0.455 e. The van der Waals surface area contributed by atoms with Gasteiger partial charge in [0.25, 0.3) is 0 Å². The van der Waals surface area contributed by atoms with Crippen molar-refractivity contribution in [2.75, 3.05) is 0 Å². The van der Waals surface area contributed by atoms with Crippen LogP contribution in [0.2, 0.25) is 0 Å². The monoisotopic (exact) mass is 804 g/mol. The topological polar surface area (TPSA) is 64.7 Å². The molecule has 0 amide bonds. The number of hydrogen-bond donors (Lipinski definition) is 0. The molecule has 0 atom stereocenters. The third-order valence-corrected chi connectivity index (χ3v) is 11.9. The van der Waals surface area contributed by atoms with Gasteiger partial charge in [-0.2, -0.15) is 0 Å². The summed E-state index contributed by atoms with van der Waals surface area (Å²) >= 11 is 0. The van der Waals surface area contributed by atoms with Crippen LogP contribution in [0.1, 0.15) is 0 Å². The molecule has 0 aliphatic rings. The van der Waals surface area contributed by atoms with E-state index < -0.39 is 0 Å². The molecule has 5 heteroatoms. The number of nitrogens with zero attached hydrogens (tertiary/aromatic N) is 4. The summed E-state index contributed by atoms with van der Waals surface area (Å²) in [7, 11) is 0. The van der Waals surface area contributed by atoms with Gasteiger partial charge < -0.3 is 4.42 Å². The van der Waals surface area contributed by atoms with E-state index in [-0.39, 0.29) is 0 Å². The molecule has 63 heavy (non-hydrogen) atoms. The lowest BCUT2D eigenvalue weighted by molar-refractivity contribution is 0.670. The van der Waals surface area contributed by atoms with Gasteiger partial charge in [0.05, 0.1) is 11.2 Å². The Kier molecular flexibility index (Phi) is 8.75. The van der Waals surface area contributed by atoms with Crippen LogP contribution in [-0.2, 0) is 0 Å². The summed E-state index contributed by atoms with van der Waals surface area (Å²) in [6, 6.07) is 75.7. The molecule has 0 saturated heterocycles. The van der Waals surface area contributed by atoms with Crippen LogP contribution in [0, 0.1) is 0 Å². The largest absolute Gasteiger partial charge is 0.455 e. The van der Waals surface area contributed by atoms with E-state index in [0.29, 0.717) is 17.5 Å². The molecule has 12 rings (SSSR count). The lowest BCUT2D eigenvalue weighted by Crippen LogP contribution is -2.00. The first-order valence-electron chi connectivity index (χ1n) is 21.1. The van der Waals surface area contributed by atoms with Crippen LogP contribution in [0.15, 0.2) is 223 Å². The molecule has 0 saturated carbocycles. The number of rotatable bonds is 7. The van der Waals surface area contributed by atoms with Crippen LogP contribution in [-0.4, -0.2) is 19.9 Å². The zero-order valence-corrected chi connectivity index (χ0v) is 34.0. The molecule has 0 N–H and O–H groups in total. The Hall–Kier alpha value is -8.54. The fourth-order valence-corrected chi connectivity index (χ4v) is 8.87. The van der Waals surface area contributed by atoms with E-state index in [9.17, 15) is 0 Å². The van der Waals surface area contributed by atoms with Gasteiger partial charge in [0.1, 0.15) is 11.2 Å². The summed E-state index contributed by atoms with van der Waals surface area (Å²) in [6.07, 6.45) is 0. The molecule has 0 unspecified atom stereocenters. The SMILES string of the molecule is c1ccc(-c2nc(-c3ccc(-c4cccc5c4oc4ccccc45)cc3)nc(-c3cccc(-c4ccc5c(c4)nc(-c4ccccc4)c4cccc(-c6ccccc6)c45)c3)n2)cc1. The summed E-state index contributed by atoms with van der Waals surface area (Å²) in [6.45, 7) is 0. The Bertz CT molecular complexity index is 3660. The number of pyridine rings is 1. The minimum absolute atomic E-state index is 0.598. The smallest absolute Gasteiger partial charge is 0.164 e. The van der Waals surface area contributed by atoms with E-state index in [1.807, 2.05) is 54.6 Å². The maximum atomic E-state index is 6.37. The molecule has 9 aromatic carbocycles. The third kappa shape index (κ3) is 6.51. The highest BCUT2D eigenvalue weighted by molar-refractivity contribution is 6.17. The molecular weight excluding hydrogens is 769 g/mol. The first-order valence-corrected chi connectivity index (χ1v) is 21.1. The van der Waals surface area contributed by atoms with E-state index in [1.165, 1.54) is 16.5 Å². The van der Waals surface area contributed by atoms with Gasteiger partial charge >= 0.3 is 0 Å². The van der Waals surface area contributed by atoms with Crippen molar-refractivity contribution >= 4 is 43.6 Å². The first kappa shape index (κ1) is 36.3. The van der Waals surface area contributed by atoms with Gasteiger partial charge in [-0.25, -0.2) is 19.9 Å². The van der Waals surface area contributed by atoms with Crippen LogP contribution in [0.3, 0.4) is 0 Å². The number of para-hydroxylation sites is 2. The highest BCUT2D eigenvalue weighted by Gasteiger charge is 2.18. The van der Waals surface area contributed by atoms with Crippen molar-refractivity contribution in [1.29, 1.82) is 0 Å². The van der Waals surface area contributed by atoms with Gasteiger partial charge in [0.2, 0.25) is 0 Å². The molecular formula is C58H36N4O. The fraction of sp³-hybridized carbons (Fsp3) is 0. The average Bonchev–Trinajstić information content (AvgIpc) is 3.76. The molecule has 294 valence electrons. The highest BCUT2D eigenvalue weighted by atomic mass is 16.3. The van der Waals surface area contributed by atoms with Crippen molar-refractivity contribution in [2.45, 2.75) is 0 Å². The van der Waals surface area contributed by atoms with E-state index in [0.717, 1.165) is 88.4 Å². The summed E-state index contributed by atoms with van der Waals surface area (Å²) in [4.78, 5) is 20.6. The van der Waals surface area contributed by atoms with E-state index in [4.69, 9.17) is 24.4 Å². The maximum absolute atomic E-state index is 6.37.